The van der Waals surface area contributed by atoms with Gasteiger partial charge in [0.25, 0.3) is 5.91 Å². The zero-order valence-corrected chi connectivity index (χ0v) is 14.4. The topological polar surface area (TPSA) is 67.9 Å². The number of nitrogens with one attached hydrogen (secondary N) is 1. The lowest BCUT2D eigenvalue weighted by atomic mass is 10.1. The van der Waals surface area contributed by atoms with Gasteiger partial charge in [-0.25, -0.2) is 0 Å². The summed E-state index contributed by atoms with van der Waals surface area (Å²) in [7, 11) is 0. The van der Waals surface area contributed by atoms with Crippen LogP contribution in [0.4, 0.5) is 0 Å². The molecule has 1 fully saturated rings. The van der Waals surface area contributed by atoms with Crippen LogP contribution in [0.15, 0.2) is 24.3 Å². The highest BCUT2D eigenvalue weighted by molar-refractivity contribution is 5.96. The molecule has 0 saturated carbocycles. The predicted octanol–water partition coefficient (Wildman–Crippen LogP) is 1.70. The van der Waals surface area contributed by atoms with Crippen LogP contribution in [0.25, 0.3) is 0 Å². The Morgan fingerprint density at radius 1 is 1.29 bits per heavy atom. The van der Waals surface area contributed by atoms with Crippen molar-refractivity contribution in [1.82, 2.24) is 10.2 Å². The van der Waals surface area contributed by atoms with Crippen LogP contribution in [-0.2, 0) is 9.53 Å². The summed E-state index contributed by atoms with van der Waals surface area (Å²) in [6.07, 6.45) is 0.988. The van der Waals surface area contributed by atoms with Gasteiger partial charge in [0.2, 0.25) is 5.91 Å². The molecule has 0 radical (unpaired) electrons. The summed E-state index contributed by atoms with van der Waals surface area (Å²) < 4.78 is 10.7. The van der Waals surface area contributed by atoms with Gasteiger partial charge in [-0.15, -0.1) is 0 Å². The Hall–Kier alpha value is -2.08. The molecule has 1 aromatic carbocycles. The molecule has 1 atom stereocenters. The highest BCUT2D eigenvalue weighted by Crippen LogP contribution is 2.14. The van der Waals surface area contributed by atoms with Crippen LogP contribution >= 0.6 is 0 Å². The van der Waals surface area contributed by atoms with Gasteiger partial charge in [0.15, 0.2) is 0 Å². The average Bonchev–Trinajstić information content (AvgIpc) is 3.11. The van der Waals surface area contributed by atoms with E-state index in [0.717, 1.165) is 18.8 Å². The summed E-state index contributed by atoms with van der Waals surface area (Å²) in [6.45, 7) is 7.24. The summed E-state index contributed by atoms with van der Waals surface area (Å²) in [6, 6.07) is 6.88. The van der Waals surface area contributed by atoms with E-state index >= 15 is 0 Å². The van der Waals surface area contributed by atoms with Crippen LogP contribution in [0.1, 0.15) is 30.6 Å². The van der Waals surface area contributed by atoms with Gasteiger partial charge in [0.1, 0.15) is 5.75 Å². The number of nitrogens with zero attached hydrogens (tertiary/aromatic N) is 1. The second kappa shape index (κ2) is 9.27. The lowest BCUT2D eigenvalue weighted by Crippen LogP contribution is -2.42. The third kappa shape index (κ3) is 5.23. The van der Waals surface area contributed by atoms with E-state index in [1.54, 1.807) is 29.2 Å². The molecule has 2 amide bonds. The standard InChI is InChI=1S/C18H26N2O4/c1-3-20(12-14-9-10-23-13-14)17(21)11-19-18(22)15-5-7-16(8-6-15)24-4-2/h5-8,14H,3-4,9-13H2,1-2H3,(H,19,22). The highest BCUT2D eigenvalue weighted by atomic mass is 16.5. The van der Waals surface area contributed by atoms with E-state index in [1.807, 2.05) is 13.8 Å². The van der Waals surface area contributed by atoms with Crippen molar-refractivity contribution in [1.29, 1.82) is 0 Å². The normalized spacial score (nSPS) is 16.7. The van der Waals surface area contributed by atoms with Crippen LogP contribution in [0, 0.1) is 5.92 Å². The molecule has 0 bridgehead atoms. The summed E-state index contributed by atoms with van der Waals surface area (Å²) in [5.41, 5.74) is 0.512. The maximum absolute atomic E-state index is 12.3. The lowest BCUT2D eigenvalue weighted by molar-refractivity contribution is -0.130. The van der Waals surface area contributed by atoms with E-state index < -0.39 is 0 Å². The first-order valence-electron chi connectivity index (χ1n) is 8.50. The lowest BCUT2D eigenvalue weighted by Gasteiger charge is -2.23. The molecule has 2 rings (SSSR count). The number of likely N-dealkylation sites (N-methyl/N-ethyl adjacent to an activating group) is 1. The SMILES string of the molecule is CCOc1ccc(C(=O)NCC(=O)N(CC)CC2CCOC2)cc1. The van der Waals surface area contributed by atoms with Crippen LogP contribution in [0.3, 0.4) is 0 Å². The summed E-state index contributed by atoms with van der Waals surface area (Å²) >= 11 is 0. The predicted molar refractivity (Wildman–Crippen MR) is 91.1 cm³/mol. The first kappa shape index (κ1) is 18.3. The minimum Gasteiger partial charge on any atom is -0.494 e. The number of carbonyl (C=O) groups is 2. The van der Waals surface area contributed by atoms with Crippen molar-refractivity contribution in [3.63, 3.8) is 0 Å². The van der Waals surface area contributed by atoms with E-state index in [2.05, 4.69) is 5.32 Å². The average molecular weight is 334 g/mol. The number of hydrogen-bond donors (Lipinski definition) is 1. The number of rotatable bonds is 8. The molecular weight excluding hydrogens is 308 g/mol. The van der Waals surface area contributed by atoms with Crippen molar-refractivity contribution < 1.29 is 19.1 Å². The Balaban J connectivity index is 1.81. The van der Waals surface area contributed by atoms with Gasteiger partial charge in [-0.3, -0.25) is 9.59 Å². The molecule has 1 heterocycles. The van der Waals surface area contributed by atoms with Crippen molar-refractivity contribution in [2.75, 3.05) is 39.5 Å². The largest absolute Gasteiger partial charge is 0.494 e. The van der Waals surface area contributed by atoms with Gasteiger partial charge >= 0.3 is 0 Å². The summed E-state index contributed by atoms with van der Waals surface area (Å²) in [4.78, 5) is 26.2. The molecule has 0 aliphatic carbocycles. The van der Waals surface area contributed by atoms with Crippen molar-refractivity contribution in [2.24, 2.45) is 5.92 Å². The molecular formula is C18H26N2O4. The monoisotopic (exact) mass is 334 g/mol. The molecule has 0 aromatic heterocycles. The molecule has 132 valence electrons. The second-order valence-electron chi connectivity index (χ2n) is 5.80. The van der Waals surface area contributed by atoms with Crippen molar-refractivity contribution in [3.05, 3.63) is 29.8 Å². The Bertz CT molecular complexity index is 538. The molecule has 24 heavy (non-hydrogen) atoms. The van der Waals surface area contributed by atoms with E-state index in [1.165, 1.54) is 0 Å². The summed E-state index contributed by atoms with van der Waals surface area (Å²) in [5, 5.41) is 2.69. The first-order chi connectivity index (χ1) is 11.6. The van der Waals surface area contributed by atoms with Crippen LogP contribution in [0.5, 0.6) is 5.75 Å². The van der Waals surface area contributed by atoms with Crippen LogP contribution in [-0.4, -0.2) is 56.2 Å². The molecule has 6 nitrogen and oxygen atoms in total. The van der Waals surface area contributed by atoms with Gasteiger partial charge in [-0.05, 0) is 44.5 Å². The molecule has 0 spiro atoms. The van der Waals surface area contributed by atoms with Gasteiger partial charge < -0.3 is 19.7 Å². The van der Waals surface area contributed by atoms with Gasteiger partial charge in [-0.1, -0.05) is 0 Å². The fourth-order valence-electron chi connectivity index (χ4n) is 2.69. The highest BCUT2D eigenvalue weighted by Gasteiger charge is 2.21. The molecule has 1 unspecified atom stereocenters. The van der Waals surface area contributed by atoms with Gasteiger partial charge in [-0.2, -0.15) is 0 Å². The third-order valence-electron chi connectivity index (χ3n) is 4.06. The van der Waals surface area contributed by atoms with E-state index in [4.69, 9.17) is 9.47 Å². The molecule has 1 N–H and O–H groups in total. The molecule has 1 aromatic rings. The van der Waals surface area contributed by atoms with Crippen molar-refractivity contribution >= 4 is 11.8 Å². The maximum Gasteiger partial charge on any atom is 0.251 e. The first-order valence-corrected chi connectivity index (χ1v) is 8.50. The Kier molecular flexibility index (Phi) is 7.06. The van der Waals surface area contributed by atoms with Gasteiger partial charge in [0.05, 0.1) is 19.8 Å². The fraction of sp³-hybridized carbons (Fsp3) is 0.556. The molecule has 1 aliphatic rings. The quantitative estimate of drug-likeness (QED) is 0.786. The Morgan fingerprint density at radius 3 is 2.62 bits per heavy atom. The van der Waals surface area contributed by atoms with E-state index in [0.29, 0.717) is 37.8 Å². The number of carbonyl (C=O) groups excluding carboxylic acids is 2. The van der Waals surface area contributed by atoms with E-state index in [-0.39, 0.29) is 18.4 Å². The minimum absolute atomic E-state index is 0.00740. The molecule has 1 aliphatic heterocycles. The van der Waals surface area contributed by atoms with E-state index in [9.17, 15) is 9.59 Å². The van der Waals surface area contributed by atoms with Crippen LogP contribution in [0.2, 0.25) is 0 Å². The smallest absolute Gasteiger partial charge is 0.251 e. The van der Waals surface area contributed by atoms with Crippen molar-refractivity contribution in [2.45, 2.75) is 20.3 Å². The number of benzene rings is 1. The van der Waals surface area contributed by atoms with Crippen LogP contribution < -0.4 is 10.1 Å². The minimum atomic E-state index is -0.258. The van der Waals surface area contributed by atoms with Gasteiger partial charge in [0, 0.05) is 31.2 Å². The third-order valence-corrected chi connectivity index (χ3v) is 4.06. The second-order valence-corrected chi connectivity index (χ2v) is 5.80. The Labute approximate surface area is 143 Å². The number of amides is 2. The van der Waals surface area contributed by atoms with Crippen molar-refractivity contribution in [3.8, 4) is 5.75 Å². The fourth-order valence-corrected chi connectivity index (χ4v) is 2.69. The number of hydrogen-bond acceptors (Lipinski definition) is 4. The molecule has 6 heteroatoms. The Morgan fingerprint density at radius 2 is 2.04 bits per heavy atom. The zero-order chi connectivity index (χ0) is 17.4. The molecule has 1 saturated heterocycles. The zero-order valence-electron chi connectivity index (χ0n) is 14.4. The number of ether oxygens (including phenoxy) is 2. The maximum atomic E-state index is 12.3. The summed E-state index contributed by atoms with van der Waals surface area (Å²) in [5.74, 6) is 0.798.